The van der Waals surface area contributed by atoms with Crippen molar-refractivity contribution in [3.05, 3.63) is 52.7 Å². The number of halogens is 1. The zero-order valence-corrected chi connectivity index (χ0v) is 19.1. The number of aromatic nitrogens is 1. The highest BCUT2D eigenvalue weighted by Gasteiger charge is 2.30. The van der Waals surface area contributed by atoms with Gasteiger partial charge in [0.2, 0.25) is 10.0 Å². The molecule has 0 bridgehead atoms. The molecule has 2 aromatic rings. The first kappa shape index (κ1) is 22.5. The minimum absolute atomic E-state index is 0.0160. The molecule has 0 N–H and O–H groups in total. The lowest BCUT2D eigenvalue weighted by Crippen LogP contribution is -2.49. The van der Waals surface area contributed by atoms with Gasteiger partial charge in [0.15, 0.2) is 0 Å². The summed E-state index contributed by atoms with van der Waals surface area (Å²) in [4.78, 5) is 21.1. The molecule has 0 atom stereocenters. The van der Waals surface area contributed by atoms with Crippen LogP contribution in [0.3, 0.4) is 0 Å². The van der Waals surface area contributed by atoms with Crippen LogP contribution in [-0.4, -0.2) is 67.8 Å². The minimum Gasteiger partial charge on any atom is -0.352 e. The molecule has 0 saturated carbocycles. The molecule has 0 radical (unpaired) electrons. The van der Waals surface area contributed by atoms with Crippen LogP contribution in [0.5, 0.6) is 0 Å². The summed E-state index contributed by atoms with van der Waals surface area (Å²) in [5.41, 5.74) is 0.798. The standard InChI is InChI=1S/C22H24ClN5O3S/c23-19-7-6-17(15-20(19)32(30,31)28-9-2-1-3-10-28)22(29)27-13-11-26(12-14-27)21-18(16-24)5-4-8-25-21/h4-8,15H,1-3,9-14H2. The van der Waals surface area contributed by atoms with E-state index in [0.717, 1.165) is 19.3 Å². The van der Waals surface area contributed by atoms with Crippen LogP contribution in [0.1, 0.15) is 35.2 Å². The Balaban J connectivity index is 1.50. The van der Waals surface area contributed by atoms with Crippen LogP contribution in [-0.2, 0) is 10.0 Å². The van der Waals surface area contributed by atoms with E-state index in [2.05, 4.69) is 11.1 Å². The zero-order valence-electron chi connectivity index (χ0n) is 17.6. The Morgan fingerprint density at radius 3 is 2.44 bits per heavy atom. The number of pyridine rings is 1. The highest BCUT2D eigenvalue weighted by molar-refractivity contribution is 7.89. The number of nitriles is 1. The van der Waals surface area contributed by atoms with Gasteiger partial charge in [-0.2, -0.15) is 9.57 Å². The van der Waals surface area contributed by atoms with Crippen molar-refractivity contribution < 1.29 is 13.2 Å². The number of rotatable bonds is 4. The molecule has 8 nitrogen and oxygen atoms in total. The Hall–Kier alpha value is -2.67. The maximum absolute atomic E-state index is 13.1. The highest BCUT2D eigenvalue weighted by atomic mass is 35.5. The predicted molar refractivity (Wildman–Crippen MR) is 121 cm³/mol. The molecule has 2 fully saturated rings. The lowest BCUT2D eigenvalue weighted by Gasteiger charge is -2.35. The lowest BCUT2D eigenvalue weighted by atomic mass is 10.1. The van der Waals surface area contributed by atoms with E-state index in [-0.39, 0.29) is 15.8 Å². The number of carbonyl (C=O) groups excluding carboxylic acids is 1. The summed E-state index contributed by atoms with van der Waals surface area (Å²) in [7, 11) is -3.75. The van der Waals surface area contributed by atoms with Crippen molar-refractivity contribution >= 4 is 33.3 Å². The Morgan fingerprint density at radius 2 is 1.75 bits per heavy atom. The second-order valence-corrected chi connectivity index (χ2v) is 10.2. The van der Waals surface area contributed by atoms with Crippen LogP contribution in [0.2, 0.25) is 5.02 Å². The molecule has 0 aliphatic carbocycles. The number of amides is 1. The van der Waals surface area contributed by atoms with Crippen molar-refractivity contribution in [2.75, 3.05) is 44.2 Å². The van der Waals surface area contributed by atoms with Gasteiger partial charge in [0.1, 0.15) is 16.8 Å². The van der Waals surface area contributed by atoms with Crippen LogP contribution in [0.4, 0.5) is 5.82 Å². The van der Waals surface area contributed by atoms with E-state index in [0.29, 0.717) is 56.2 Å². The Morgan fingerprint density at radius 1 is 1.03 bits per heavy atom. The van der Waals surface area contributed by atoms with E-state index >= 15 is 0 Å². The highest BCUT2D eigenvalue weighted by Crippen LogP contribution is 2.28. The first-order chi connectivity index (χ1) is 15.4. The number of piperidine rings is 1. The molecule has 2 aliphatic heterocycles. The van der Waals surface area contributed by atoms with Gasteiger partial charge in [-0.05, 0) is 43.2 Å². The fourth-order valence-corrected chi connectivity index (χ4v) is 6.14. The number of sulfonamides is 1. The normalized spacial score (nSPS) is 17.8. The summed E-state index contributed by atoms with van der Waals surface area (Å²) in [6, 6.07) is 10.0. The second kappa shape index (κ2) is 9.45. The Bertz CT molecular complexity index is 1150. The number of piperazine rings is 1. The third-order valence-electron chi connectivity index (χ3n) is 5.88. The average molecular weight is 474 g/mol. The maximum Gasteiger partial charge on any atom is 0.254 e. The molecular weight excluding hydrogens is 450 g/mol. The number of benzene rings is 1. The number of hydrogen-bond donors (Lipinski definition) is 0. The third-order valence-corrected chi connectivity index (χ3v) is 8.26. The van der Waals surface area contributed by atoms with E-state index in [1.807, 2.05) is 4.90 Å². The topological polar surface area (TPSA) is 97.6 Å². The van der Waals surface area contributed by atoms with Crippen molar-refractivity contribution in [2.45, 2.75) is 24.2 Å². The molecule has 10 heteroatoms. The summed E-state index contributed by atoms with van der Waals surface area (Å²) < 4.78 is 27.6. The van der Waals surface area contributed by atoms with Gasteiger partial charge in [-0.1, -0.05) is 18.0 Å². The number of anilines is 1. The Labute approximate surface area is 193 Å². The van der Waals surface area contributed by atoms with Crippen molar-refractivity contribution in [1.82, 2.24) is 14.2 Å². The van der Waals surface area contributed by atoms with Crippen molar-refractivity contribution in [1.29, 1.82) is 5.26 Å². The monoisotopic (exact) mass is 473 g/mol. The Kier molecular flexibility index (Phi) is 6.65. The quantitative estimate of drug-likeness (QED) is 0.677. The number of hydrogen-bond acceptors (Lipinski definition) is 6. The zero-order chi connectivity index (χ0) is 22.7. The van der Waals surface area contributed by atoms with E-state index in [4.69, 9.17) is 11.6 Å². The fraction of sp³-hybridized carbons (Fsp3) is 0.409. The van der Waals surface area contributed by atoms with Crippen LogP contribution in [0.25, 0.3) is 0 Å². The van der Waals surface area contributed by atoms with Gasteiger partial charge >= 0.3 is 0 Å². The van der Waals surface area contributed by atoms with E-state index in [1.165, 1.54) is 16.4 Å². The van der Waals surface area contributed by atoms with Gasteiger partial charge in [0.05, 0.1) is 10.6 Å². The van der Waals surface area contributed by atoms with Crippen LogP contribution < -0.4 is 4.90 Å². The van der Waals surface area contributed by atoms with Gasteiger partial charge < -0.3 is 9.80 Å². The molecule has 1 amide bonds. The first-order valence-electron chi connectivity index (χ1n) is 10.6. The van der Waals surface area contributed by atoms with Gasteiger partial charge in [0.25, 0.3) is 5.91 Å². The summed E-state index contributed by atoms with van der Waals surface area (Å²) >= 11 is 6.24. The molecule has 2 aliphatic rings. The van der Waals surface area contributed by atoms with Crippen LogP contribution >= 0.6 is 11.6 Å². The van der Waals surface area contributed by atoms with Gasteiger partial charge in [-0.25, -0.2) is 13.4 Å². The molecule has 32 heavy (non-hydrogen) atoms. The summed E-state index contributed by atoms with van der Waals surface area (Å²) in [6.45, 7) is 2.89. The van der Waals surface area contributed by atoms with Crippen molar-refractivity contribution in [3.63, 3.8) is 0 Å². The summed E-state index contributed by atoms with van der Waals surface area (Å²) in [5, 5.41) is 9.42. The predicted octanol–water partition coefficient (Wildman–Crippen LogP) is 2.74. The maximum atomic E-state index is 13.1. The molecule has 2 saturated heterocycles. The third kappa shape index (κ3) is 4.44. The molecule has 0 unspecified atom stereocenters. The molecule has 3 heterocycles. The smallest absolute Gasteiger partial charge is 0.254 e. The summed E-state index contributed by atoms with van der Waals surface area (Å²) in [6.07, 6.45) is 4.30. The van der Waals surface area contributed by atoms with E-state index in [1.54, 1.807) is 29.3 Å². The van der Waals surface area contributed by atoms with Gasteiger partial charge in [0, 0.05) is 51.0 Å². The molecule has 1 aromatic carbocycles. The van der Waals surface area contributed by atoms with E-state index in [9.17, 15) is 18.5 Å². The largest absolute Gasteiger partial charge is 0.352 e. The molecule has 4 rings (SSSR count). The number of nitrogens with zero attached hydrogens (tertiary/aromatic N) is 5. The first-order valence-corrected chi connectivity index (χ1v) is 12.4. The van der Waals surface area contributed by atoms with Crippen LogP contribution in [0, 0.1) is 11.3 Å². The second-order valence-electron chi connectivity index (χ2n) is 7.88. The van der Waals surface area contributed by atoms with Gasteiger partial charge in [-0.3, -0.25) is 4.79 Å². The van der Waals surface area contributed by atoms with Gasteiger partial charge in [-0.15, -0.1) is 0 Å². The summed E-state index contributed by atoms with van der Waals surface area (Å²) in [5.74, 6) is 0.376. The molecule has 0 spiro atoms. The minimum atomic E-state index is -3.75. The SMILES string of the molecule is N#Cc1cccnc1N1CCN(C(=O)c2ccc(Cl)c(S(=O)(=O)N3CCCCC3)c2)CC1. The molecular formula is C22H24ClN5O3S. The average Bonchev–Trinajstić information content (AvgIpc) is 2.84. The van der Waals surface area contributed by atoms with Crippen LogP contribution in [0.15, 0.2) is 41.4 Å². The van der Waals surface area contributed by atoms with Crippen molar-refractivity contribution in [2.24, 2.45) is 0 Å². The fourth-order valence-electron chi connectivity index (χ4n) is 4.12. The van der Waals surface area contributed by atoms with E-state index < -0.39 is 10.0 Å². The number of carbonyl (C=O) groups is 1. The molecule has 1 aromatic heterocycles. The molecule has 168 valence electrons. The van der Waals surface area contributed by atoms with Crippen molar-refractivity contribution in [3.8, 4) is 6.07 Å². The lowest BCUT2D eigenvalue weighted by molar-refractivity contribution is 0.0746.